The molecule has 0 spiro atoms. The fourth-order valence-electron chi connectivity index (χ4n) is 5.71. The SMILES string of the molecule is CC1=C(NC(=O)/C(C)=C/C=C\[C@@H](C)[C@@H](O)[C@@H](C)[C@@H](O)[C@@H](C)[C@H](O)[C@H](C)[C@@H](O)[C@@H](C)/C=C(\C)C(=O)O)C(=O)c2cc(C)c(O)cc2C1=O. The Bertz CT molecular complexity index is 1500. The maximum Gasteiger partial charge on any atom is 0.330 e. The fraction of sp³-hybridized carbons (Fsp3) is 0.500. The van der Waals surface area contributed by atoms with Crippen LogP contribution < -0.4 is 5.32 Å². The molecule has 1 aliphatic carbocycles. The number of aliphatic hydroxyl groups excluding tert-OH is 4. The van der Waals surface area contributed by atoms with Crippen molar-refractivity contribution in [1.29, 1.82) is 0 Å². The molecule has 9 atom stereocenters. The third kappa shape index (κ3) is 9.13. The number of carboxylic acid groups (broad SMARTS) is 1. The monoisotopic (exact) mass is 655 g/mol. The quantitative estimate of drug-likeness (QED) is 0.115. The lowest BCUT2D eigenvalue weighted by Crippen LogP contribution is -2.45. The molecule has 1 amide bonds. The van der Waals surface area contributed by atoms with Gasteiger partial charge in [-0.25, -0.2) is 4.79 Å². The van der Waals surface area contributed by atoms with Gasteiger partial charge in [-0.15, -0.1) is 0 Å². The number of aromatic hydroxyl groups is 1. The number of benzene rings is 1. The van der Waals surface area contributed by atoms with Crippen molar-refractivity contribution in [2.75, 3.05) is 0 Å². The Morgan fingerprint density at radius 1 is 0.745 bits per heavy atom. The van der Waals surface area contributed by atoms with E-state index in [-0.39, 0.29) is 39.3 Å². The van der Waals surface area contributed by atoms with E-state index in [2.05, 4.69) is 5.32 Å². The molecule has 258 valence electrons. The zero-order valence-electron chi connectivity index (χ0n) is 28.5. The van der Waals surface area contributed by atoms with E-state index in [0.29, 0.717) is 5.56 Å². The van der Waals surface area contributed by atoms with E-state index in [1.165, 1.54) is 45.1 Å². The molecule has 0 saturated carbocycles. The average molecular weight is 656 g/mol. The molecule has 0 radical (unpaired) electrons. The second-order valence-corrected chi connectivity index (χ2v) is 12.9. The van der Waals surface area contributed by atoms with Gasteiger partial charge in [0.1, 0.15) is 5.75 Å². The molecule has 2 rings (SSSR count). The summed E-state index contributed by atoms with van der Waals surface area (Å²) in [5.41, 5.74) is 0.786. The lowest BCUT2D eigenvalue weighted by atomic mass is 9.77. The second-order valence-electron chi connectivity index (χ2n) is 12.9. The fourth-order valence-corrected chi connectivity index (χ4v) is 5.71. The Labute approximate surface area is 276 Å². The number of nitrogens with one attached hydrogen (secondary N) is 1. The minimum absolute atomic E-state index is 0.0506. The number of phenolic OH excluding ortho intramolecular Hbond substituents is 1. The van der Waals surface area contributed by atoms with Gasteiger partial charge in [0.15, 0.2) is 5.78 Å². The van der Waals surface area contributed by atoms with Gasteiger partial charge in [-0.05, 0) is 45.4 Å². The predicted octanol–water partition coefficient (Wildman–Crippen LogP) is 3.63. The molecule has 1 aromatic rings. The molecule has 1 aliphatic rings. The molecule has 0 heterocycles. The van der Waals surface area contributed by atoms with Crippen molar-refractivity contribution in [2.45, 2.75) is 86.7 Å². The number of carboxylic acids is 1. The number of ketones is 2. The van der Waals surface area contributed by atoms with Crippen LogP contribution in [0.1, 0.15) is 81.7 Å². The molecule has 0 aliphatic heterocycles. The van der Waals surface area contributed by atoms with E-state index in [1.54, 1.807) is 53.7 Å². The molecular weight excluding hydrogens is 606 g/mol. The Morgan fingerprint density at radius 2 is 1.23 bits per heavy atom. The highest BCUT2D eigenvalue weighted by molar-refractivity contribution is 6.27. The van der Waals surface area contributed by atoms with E-state index in [9.17, 15) is 44.7 Å². The Hall–Kier alpha value is -3.90. The number of carbonyl (C=O) groups excluding carboxylic acids is 3. The minimum atomic E-state index is -1.15. The number of fused-ring (bicyclic) bond motifs is 1. The number of rotatable bonds is 14. The first-order valence-corrected chi connectivity index (χ1v) is 15.7. The molecule has 47 heavy (non-hydrogen) atoms. The molecule has 11 nitrogen and oxygen atoms in total. The first-order valence-electron chi connectivity index (χ1n) is 15.7. The molecule has 0 saturated heterocycles. The smallest absolute Gasteiger partial charge is 0.330 e. The summed E-state index contributed by atoms with van der Waals surface area (Å²) in [6.45, 7) is 14.2. The van der Waals surface area contributed by atoms with Crippen LogP contribution in [0.3, 0.4) is 0 Å². The predicted molar refractivity (Wildman–Crippen MR) is 176 cm³/mol. The number of aliphatic carboxylic acids is 1. The van der Waals surface area contributed by atoms with E-state index < -0.39 is 77.4 Å². The maximum atomic E-state index is 13.1. The number of allylic oxidation sites excluding steroid dienone is 4. The van der Waals surface area contributed by atoms with Gasteiger partial charge in [-0.2, -0.15) is 0 Å². The zero-order valence-corrected chi connectivity index (χ0v) is 28.5. The number of amides is 1. The van der Waals surface area contributed by atoms with Crippen LogP contribution in [0.2, 0.25) is 0 Å². The number of hydrogen-bond donors (Lipinski definition) is 7. The lowest BCUT2D eigenvalue weighted by Gasteiger charge is -2.36. The van der Waals surface area contributed by atoms with Crippen molar-refractivity contribution >= 4 is 23.4 Å². The van der Waals surface area contributed by atoms with Crippen LogP contribution in [-0.4, -0.2) is 78.5 Å². The normalized spacial score (nSPS) is 20.2. The first-order chi connectivity index (χ1) is 21.7. The highest BCUT2D eigenvalue weighted by atomic mass is 16.4. The van der Waals surface area contributed by atoms with Crippen LogP contribution in [-0.2, 0) is 9.59 Å². The minimum Gasteiger partial charge on any atom is -0.508 e. The Morgan fingerprint density at radius 3 is 1.77 bits per heavy atom. The number of aryl methyl sites for hydroxylation is 1. The van der Waals surface area contributed by atoms with Gasteiger partial charge in [-0.1, -0.05) is 58.9 Å². The molecular formula is C36H49NO10. The highest BCUT2D eigenvalue weighted by Crippen LogP contribution is 2.31. The van der Waals surface area contributed by atoms with Gasteiger partial charge < -0.3 is 36.0 Å². The van der Waals surface area contributed by atoms with Crippen molar-refractivity contribution < 1.29 is 49.8 Å². The van der Waals surface area contributed by atoms with Crippen molar-refractivity contribution in [1.82, 2.24) is 5.32 Å². The van der Waals surface area contributed by atoms with Gasteiger partial charge >= 0.3 is 5.97 Å². The van der Waals surface area contributed by atoms with Crippen molar-refractivity contribution in [3.8, 4) is 5.75 Å². The third-order valence-corrected chi connectivity index (χ3v) is 9.29. The topological polar surface area (TPSA) is 202 Å². The molecule has 0 bridgehead atoms. The highest BCUT2D eigenvalue weighted by Gasteiger charge is 2.37. The van der Waals surface area contributed by atoms with Crippen LogP contribution in [0.4, 0.5) is 0 Å². The number of hydrogen-bond acceptors (Lipinski definition) is 9. The molecule has 0 aromatic heterocycles. The first kappa shape index (κ1) is 39.3. The second kappa shape index (κ2) is 16.3. The Balaban J connectivity index is 2.06. The van der Waals surface area contributed by atoms with Crippen LogP contribution >= 0.6 is 0 Å². The summed E-state index contributed by atoms with van der Waals surface area (Å²) in [4.78, 5) is 50.0. The maximum absolute atomic E-state index is 13.1. The van der Waals surface area contributed by atoms with E-state index in [1.807, 2.05) is 0 Å². The Kier molecular flexibility index (Phi) is 13.6. The zero-order chi connectivity index (χ0) is 36.1. The van der Waals surface area contributed by atoms with E-state index in [0.717, 1.165) is 0 Å². The van der Waals surface area contributed by atoms with Crippen molar-refractivity contribution in [3.05, 3.63) is 75.5 Å². The molecule has 1 aromatic carbocycles. The summed E-state index contributed by atoms with van der Waals surface area (Å²) < 4.78 is 0. The number of phenols is 1. The summed E-state index contributed by atoms with van der Waals surface area (Å²) in [5, 5.41) is 65.2. The lowest BCUT2D eigenvalue weighted by molar-refractivity contribution is -0.132. The third-order valence-electron chi connectivity index (χ3n) is 9.29. The average Bonchev–Trinajstić information content (AvgIpc) is 3.03. The van der Waals surface area contributed by atoms with Gasteiger partial charge in [0, 0.05) is 57.4 Å². The van der Waals surface area contributed by atoms with Crippen LogP contribution in [0.5, 0.6) is 5.75 Å². The summed E-state index contributed by atoms with van der Waals surface area (Å²) in [6.07, 6.45) is 1.68. The van der Waals surface area contributed by atoms with Gasteiger partial charge in [-0.3, -0.25) is 14.4 Å². The van der Waals surface area contributed by atoms with Gasteiger partial charge in [0.05, 0.1) is 30.1 Å². The van der Waals surface area contributed by atoms with Crippen LogP contribution in [0.15, 0.2) is 58.9 Å². The summed E-state index contributed by atoms with van der Waals surface area (Å²) in [7, 11) is 0. The van der Waals surface area contributed by atoms with E-state index >= 15 is 0 Å². The van der Waals surface area contributed by atoms with E-state index in [4.69, 9.17) is 5.11 Å². The van der Waals surface area contributed by atoms with Crippen molar-refractivity contribution in [3.63, 3.8) is 0 Å². The van der Waals surface area contributed by atoms with Crippen LogP contribution in [0, 0.1) is 36.5 Å². The van der Waals surface area contributed by atoms with Gasteiger partial charge in [0.2, 0.25) is 5.78 Å². The summed E-state index contributed by atoms with van der Waals surface area (Å²) >= 11 is 0. The van der Waals surface area contributed by atoms with Crippen molar-refractivity contribution in [2.24, 2.45) is 29.6 Å². The summed E-state index contributed by atoms with van der Waals surface area (Å²) in [6, 6.07) is 2.66. The number of Topliss-reactive ketones (excluding diaryl/α,β-unsaturated/α-hetero) is 2. The molecule has 0 fully saturated rings. The summed E-state index contributed by atoms with van der Waals surface area (Å²) in [5.74, 6) is -6.02. The molecule has 7 N–H and O–H groups in total. The van der Waals surface area contributed by atoms with Gasteiger partial charge in [0.25, 0.3) is 5.91 Å². The van der Waals surface area contributed by atoms with Crippen LogP contribution in [0.25, 0.3) is 0 Å². The standard InChI is InChI=1S/C36H49NO10/c1-16(29(39)22(7)31(41)24(9)32(42)23(8)30(40)19(4)13-20(5)36(46)47)11-10-12-17(2)35(45)37-28-21(6)33(43)26-15-27(38)18(3)14-25(26)34(28)44/h10-16,19,22-24,29-32,38-42H,1-9H3,(H,37,45)(H,46,47)/b11-10-,17-12+,20-13+/t16-,19+,22-,23-,24-,29-,30+,31-,32-/m1/s1. The number of carbonyl (C=O) groups is 4. The molecule has 11 heteroatoms. The largest absolute Gasteiger partial charge is 0.508 e. The molecule has 0 unspecified atom stereocenters. The number of aliphatic hydroxyl groups is 4.